The largest absolute Gasteiger partial charge is 0.451 e. The van der Waals surface area contributed by atoms with Crippen LogP contribution in [0.4, 0.5) is 5.82 Å². The Labute approximate surface area is 143 Å². The van der Waals surface area contributed by atoms with Crippen LogP contribution < -0.4 is 11.4 Å². The van der Waals surface area contributed by atoms with E-state index in [1.54, 1.807) is 13.8 Å². The molecular weight excluding hydrogens is 334 g/mol. The summed E-state index contributed by atoms with van der Waals surface area (Å²) in [6.45, 7) is 3.12. The molecule has 1 aromatic heterocycles. The van der Waals surface area contributed by atoms with E-state index in [1.807, 2.05) is 0 Å². The number of nitrogens with two attached hydrogens (primary N) is 1. The van der Waals surface area contributed by atoms with Gasteiger partial charge in [-0.15, -0.1) is 0 Å². The summed E-state index contributed by atoms with van der Waals surface area (Å²) in [6.07, 6.45) is -5.74. The van der Waals surface area contributed by atoms with Crippen molar-refractivity contribution in [3.63, 3.8) is 0 Å². The van der Waals surface area contributed by atoms with E-state index in [0.717, 1.165) is 4.57 Å². The van der Waals surface area contributed by atoms with Gasteiger partial charge in [-0.1, -0.05) is 13.8 Å². The van der Waals surface area contributed by atoms with Crippen LogP contribution in [0.2, 0.25) is 0 Å². The van der Waals surface area contributed by atoms with E-state index in [-0.39, 0.29) is 18.7 Å². The minimum absolute atomic E-state index is 0.0123. The average Bonchev–Trinajstić information content (AvgIpc) is 2.87. The number of carbonyl (C=O) groups is 2. The number of hydrogen-bond acceptors (Lipinski definition) is 9. The Morgan fingerprint density at radius 1 is 1.36 bits per heavy atom. The van der Waals surface area contributed by atoms with Gasteiger partial charge in [0.15, 0.2) is 18.1 Å². The quantitative estimate of drug-likeness (QED) is 0.531. The van der Waals surface area contributed by atoms with Gasteiger partial charge in [-0.25, -0.2) is 4.79 Å². The van der Waals surface area contributed by atoms with Gasteiger partial charge in [-0.05, 0) is 6.07 Å². The van der Waals surface area contributed by atoms with Gasteiger partial charge in [0, 0.05) is 19.0 Å². The highest BCUT2D eigenvalue weighted by atomic mass is 16.6. The maximum absolute atomic E-state index is 12.1. The van der Waals surface area contributed by atoms with E-state index in [0.29, 0.717) is 0 Å². The Morgan fingerprint density at radius 3 is 2.60 bits per heavy atom. The molecular formula is C15H21N3O7. The van der Waals surface area contributed by atoms with E-state index in [2.05, 4.69) is 4.98 Å². The molecule has 0 radical (unpaired) electrons. The molecule has 0 saturated carbocycles. The fraction of sp³-hybridized carbons (Fsp3) is 0.600. The fourth-order valence-electron chi connectivity index (χ4n) is 2.53. The van der Waals surface area contributed by atoms with Crippen molar-refractivity contribution in [2.24, 2.45) is 0 Å². The van der Waals surface area contributed by atoms with Crippen molar-refractivity contribution < 1.29 is 29.3 Å². The molecule has 10 heteroatoms. The molecule has 5 atom stereocenters. The summed E-state index contributed by atoms with van der Waals surface area (Å²) in [5.74, 6) is -1.13. The number of aromatic nitrogens is 2. The molecule has 0 spiro atoms. The second-order valence-electron chi connectivity index (χ2n) is 5.60. The summed E-state index contributed by atoms with van der Waals surface area (Å²) in [5.41, 5.74) is 4.62. The normalized spacial score (nSPS) is 27.0. The first-order chi connectivity index (χ1) is 11.8. The second kappa shape index (κ2) is 7.72. The first-order valence-electron chi connectivity index (χ1n) is 7.88. The molecule has 10 nitrogen and oxygen atoms in total. The Balaban J connectivity index is 2.31. The number of rotatable bonds is 6. The van der Waals surface area contributed by atoms with Gasteiger partial charge >= 0.3 is 11.7 Å². The zero-order valence-electron chi connectivity index (χ0n) is 13.9. The van der Waals surface area contributed by atoms with Crippen molar-refractivity contribution >= 4 is 17.6 Å². The third-order valence-corrected chi connectivity index (χ3v) is 3.91. The van der Waals surface area contributed by atoms with Gasteiger partial charge in [0.1, 0.15) is 24.1 Å². The lowest BCUT2D eigenvalue weighted by Crippen LogP contribution is -2.45. The molecule has 25 heavy (non-hydrogen) atoms. The Bertz CT molecular complexity index is 705. The molecule has 1 aromatic rings. The Morgan fingerprint density at radius 2 is 2.04 bits per heavy atom. The molecule has 0 bridgehead atoms. The summed E-state index contributed by atoms with van der Waals surface area (Å²) < 4.78 is 11.5. The summed E-state index contributed by atoms with van der Waals surface area (Å²) in [7, 11) is 0. The van der Waals surface area contributed by atoms with E-state index < -0.39 is 48.1 Å². The minimum Gasteiger partial charge on any atom is -0.451 e. The van der Waals surface area contributed by atoms with Gasteiger partial charge in [0.05, 0.1) is 0 Å². The van der Waals surface area contributed by atoms with Crippen molar-refractivity contribution in [3.05, 3.63) is 22.7 Å². The summed E-state index contributed by atoms with van der Waals surface area (Å²) in [4.78, 5) is 39.1. The lowest BCUT2D eigenvalue weighted by molar-refractivity contribution is -0.169. The average molecular weight is 355 g/mol. The molecule has 0 amide bonds. The Kier molecular flexibility index (Phi) is 5.88. The lowest BCUT2D eigenvalue weighted by atomic mass is 10.0. The van der Waals surface area contributed by atoms with Crippen LogP contribution in [0.15, 0.2) is 17.1 Å². The number of anilines is 1. The van der Waals surface area contributed by atoms with E-state index >= 15 is 0 Å². The zero-order valence-corrected chi connectivity index (χ0v) is 13.9. The van der Waals surface area contributed by atoms with Gasteiger partial charge < -0.3 is 25.4 Å². The standard InChI is InChI=1S/C15H21N3O7/c1-3-7(19)12(24-9(20)4-2)13-10(21)11(22)14(25-13)18-6-5-8(16)17-15(18)23/h5-6,10-14,21-22H,3-4H2,1-2H3,(H2,16,17,23)/t10-,11+,12?,13-,14+/m0/s1. The molecule has 2 rings (SSSR count). The second-order valence-corrected chi connectivity index (χ2v) is 5.60. The van der Waals surface area contributed by atoms with E-state index in [9.17, 15) is 24.6 Å². The number of aliphatic hydroxyl groups is 2. The first-order valence-corrected chi connectivity index (χ1v) is 7.88. The smallest absolute Gasteiger partial charge is 0.351 e. The summed E-state index contributed by atoms with van der Waals surface area (Å²) in [6, 6.07) is 1.32. The van der Waals surface area contributed by atoms with Crippen LogP contribution in [0.25, 0.3) is 0 Å². The number of nitrogen functional groups attached to an aromatic ring is 1. The molecule has 1 unspecified atom stereocenters. The van der Waals surface area contributed by atoms with Crippen LogP contribution in [-0.2, 0) is 19.1 Å². The van der Waals surface area contributed by atoms with Crippen LogP contribution in [0, 0.1) is 0 Å². The zero-order chi connectivity index (χ0) is 18.7. The maximum atomic E-state index is 12.1. The van der Waals surface area contributed by atoms with Crippen molar-refractivity contribution in [1.82, 2.24) is 9.55 Å². The fourth-order valence-corrected chi connectivity index (χ4v) is 2.53. The molecule has 138 valence electrons. The molecule has 2 heterocycles. The van der Waals surface area contributed by atoms with Gasteiger partial charge in [0.25, 0.3) is 0 Å². The molecule has 1 aliphatic heterocycles. The predicted molar refractivity (Wildman–Crippen MR) is 84.3 cm³/mol. The minimum atomic E-state index is -1.54. The van der Waals surface area contributed by atoms with Crippen molar-refractivity contribution in [2.75, 3.05) is 5.73 Å². The molecule has 1 fully saturated rings. The summed E-state index contributed by atoms with van der Waals surface area (Å²) >= 11 is 0. The van der Waals surface area contributed by atoms with E-state index in [1.165, 1.54) is 12.3 Å². The van der Waals surface area contributed by atoms with Gasteiger partial charge in [-0.2, -0.15) is 4.98 Å². The number of esters is 1. The van der Waals surface area contributed by atoms with Crippen molar-refractivity contribution in [3.8, 4) is 0 Å². The molecule has 0 aliphatic carbocycles. The van der Waals surface area contributed by atoms with Crippen molar-refractivity contribution in [2.45, 2.75) is 57.3 Å². The Hall–Kier alpha value is -2.30. The first kappa shape index (κ1) is 19.0. The number of hydrogen-bond donors (Lipinski definition) is 3. The molecule has 4 N–H and O–H groups in total. The molecule has 0 aromatic carbocycles. The highest BCUT2D eigenvalue weighted by molar-refractivity contribution is 5.86. The number of Topliss-reactive ketones (excluding diaryl/α,β-unsaturated/α-hetero) is 1. The number of nitrogens with zero attached hydrogens (tertiary/aromatic N) is 2. The number of ketones is 1. The monoisotopic (exact) mass is 355 g/mol. The third-order valence-electron chi connectivity index (χ3n) is 3.91. The van der Waals surface area contributed by atoms with Crippen LogP contribution in [-0.4, -0.2) is 55.9 Å². The highest BCUT2D eigenvalue weighted by Gasteiger charge is 2.50. The molecule has 1 aliphatic rings. The SMILES string of the molecule is CCC(=O)OC(C(=O)CC)[C@H]1O[C@@H](n2ccc(N)nc2=O)[C@H](O)[C@@H]1O. The maximum Gasteiger partial charge on any atom is 0.351 e. The van der Waals surface area contributed by atoms with Crippen LogP contribution in [0.1, 0.15) is 32.9 Å². The number of carbonyl (C=O) groups excluding carboxylic acids is 2. The van der Waals surface area contributed by atoms with Crippen molar-refractivity contribution in [1.29, 1.82) is 0 Å². The number of aliphatic hydroxyl groups excluding tert-OH is 2. The van der Waals surface area contributed by atoms with E-state index in [4.69, 9.17) is 15.2 Å². The highest BCUT2D eigenvalue weighted by Crippen LogP contribution is 2.32. The number of ether oxygens (including phenoxy) is 2. The lowest BCUT2D eigenvalue weighted by Gasteiger charge is -2.24. The predicted octanol–water partition coefficient (Wildman–Crippen LogP) is -1.25. The van der Waals surface area contributed by atoms with Gasteiger partial charge in [0.2, 0.25) is 0 Å². The third kappa shape index (κ3) is 3.86. The summed E-state index contributed by atoms with van der Waals surface area (Å²) in [5, 5.41) is 20.5. The van der Waals surface area contributed by atoms with Crippen LogP contribution in [0.5, 0.6) is 0 Å². The molecule has 1 saturated heterocycles. The van der Waals surface area contributed by atoms with Crippen LogP contribution >= 0.6 is 0 Å². The van der Waals surface area contributed by atoms with Crippen LogP contribution in [0.3, 0.4) is 0 Å². The topological polar surface area (TPSA) is 154 Å². The van der Waals surface area contributed by atoms with Gasteiger partial charge in [-0.3, -0.25) is 14.2 Å².